The average Bonchev–Trinajstić information content (AvgIpc) is 3.10. The molecule has 180 valence electrons. The van der Waals surface area contributed by atoms with Gasteiger partial charge in [-0.3, -0.25) is 9.59 Å². The van der Waals surface area contributed by atoms with E-state index in [-0.39, 0.29) is 36.8 Å². The molecule has 1 aromatic heterocycles. The van der Waals surface area contributed by atoms with E-state index in [1.54, 1.807) is 0 Å². The molecule has 1 unspecified atom stereocenters. The van der Waals surface area contributed by atoms with E-state index in [2.05, 4.69) is 15.6 Å². The van der Waals surface area contributed by atoms with Crippen molar-refractivity contribution >= 4 is 34.4 Å². The lowest BCUT2D eigenvalue weighted by Gasteiger charge is -2.35. The summed E-state index contributed by atoms with van der Waals surface area (Å²) in [4.78, 5) is 44.2. The number of rotatable bonds is 9. The van der Waals surface area contributed by atoms with E-state index in [0.29, 0.717) is 24.6 Å². The van der Waals surface area contributed by atoms with E-state index in [9.17, 15) is 14.4 Å². The standard InChI is InChI=1S/C22H37N5O4S/c1-6-12-27(21(30)31-22(3,4)5)14-8-10-16-17(13-14)32-20(25-16)26-19(29)15(23)9-11-18(28)24-7-2/h14-15H,6-13,23H2,1-5H3,(H,24,28)(H,25,26,29)/t14-,15?/m0/s1. The third-order valence-electron chi connectivity index (χ3n) is 5.07. The highest BCUT2D eigenvalue weighted by molar-refractivity contribution is 7.15. The minimum atomic E-state index is -0.779. The fraction of sp³-hybridized carbons (Fsp3) is 0.727. The van der Waals surface area contributed by atoms with Gasteiger partial charge in [-0.2, -0.15) is 0 Å². The van der Waals surface area contributed by atoms with E-state index in [1.165, 1.54) is 11.3 Å². The molecule has 0 aromatic carbocycles. The number of anilines is 1. The zero-order chi connectivity index (χ0) is 23.9. The summed E-state index contributed by atoms with van der Waals surface area (Å²) in [6.45, 7) is 10.7. The highest BCUT2D eigenvalue weighted by Gasteiger charge is 2.32. The first-order valence-electron chi connectivity index (χ1n) is 11.3. The molecule has 1 aromatic rings. The van der Waals surface area contributed by atoms with Gasteiger partial charge in [0.15, 0.2) is 5.13 Å². The molecule has 2 atom stereocenters. The summed E-state index contributed by atoms with van der Waals surface area (Å²) in [5.74, 6) is -0.466. The Morgan fingerprint density at radius 3 is 2.66 bits per heavy atom. The molecule has 10 heteroatoms. The van der Waals surface area contributed by atoms with E-state index in [0.717, 1.165) is 29.8 Å². The van der Waals surface area contributed by atoms with Crippen LogP contribution in [0.4, 0.5) is 9.93 Å². The lowest BCUT2D eigenvalue weighted by atomic mass is 9.96. The number of aromatic nitrogens is 1. The van der Waals surface area contributed by atoms with Gasteiger partial charge in [-0.25, -0.2) is 9.78 Å². The zero-order valence-corrected chi connectivity index (χ0v) is 20.6. The summed E-state index contributed by atoms with van der Waals surface area (Å²) in [5.41, 5.74) is 6.35. The van der Waals surface area contributed by atoms with Crippen LogP contribution in [0.15, 0.2) is 0 Å². The number of nitrogens with zero attached hydrogens (tertiary/aromatic N) is 2. The highest BCUT2D eigenvalue weighted by Crippen LogP contribution is 2.32. The number of carbonyl (C=O) groups excluding carboxylic acids is 3. The van der Waals surface area contributed by atoms with Gasteiger partial charge < -0.3 is 26.0 Å². The van der Waals surface area contributed by atoms with Crippen LogP contribution < -0.4 is 16.4 Å². The molecule has 1 heterocycles. The smallest absolute Gasteiger partial charge is 0.410 e. The fourth-order valence-electron chi connectivity index (χ4n) is 3.56. The maximum absolute atomic E-state index is 12.7. The van der Waals surface area contributed by atoms with Gasteiger partial charge in [-0.15, -0.1) is 11.3 Å². The third kappa shape index (κ3) is 7.74. The average molecular weight is 468 g/mol. The number of aryl methyl sites for hydroxylation is 1. The second kappa shape index (κ2) is 11.6. The van der Waals surface area contributed by atoms with Crippen molar-refractivity contribution in [3.63, 3.8) is 0 Å². The van der Waals surface area contributed by atoms with Crippen molar-refractivity contribution in [2.75, 3.05) is 18.4 Å². The molecule has 4 N–H and O–H groups in total. The Morgan fingerprint density at radius 2 is 2.03 bits per heavy atom. The summed E-state index contributed by atoms with van der Waals surface area (Å²) in [7, 11) is 0. The van der Waals surface area contributed by atoms with Crippen LogP contribution >= 0.6 is 11.3 Å². The summed E-state index contributed by atoms with van der Waals surface area (Å²) >= 11 is 1.42. The minimum Gasteiger partial charge on any atom is -0.444 e. The summed E-state index contributed by atoms with van der Waals surface area (Å²) in [6.07, 6.45) is 3.26. The van der Waals surface area contributed by atoms with E-state index < -0.39 is 11.6 Å². The molecular formula is C22H37N5O4S. The number of hydrogen-bond acceptors (Lipinski definition) is 7. The van der Waals surface area contributed by atoms with Crippen LogP contribution in [0.5, 0.6) is 0 Å². The van der Waals surface area contributed by atoms with Crippen molar-refractivity contribution in [1.29, 1.82) is 0 Å². The van der Waals surface area contributed by atoms with E-state index >= 15 is 0 Å². The predicted molar refractivity (Wildman–Crippen MR) is 126 cm³/mol. The molecule has 0 saturated heterocycles. The van der Waals surface area contributed by atoms with Gasteiger partial charge in [0.1, 0.15) is 5.60 Å². The van der Waals surface area contributed by atoms with Gasteiger partial charge >= 0.3 is 6.09 Å². The SMILES string of the molecule is CCCN(C(=O)OC(C)(C)C)[C@H]1CCc2nc(NC(=O)C(N)CCC(=O)NCC)sc2C1. The van der Waals surface area contributed by atoms with E-state index in [1.807, 2.05) is 39.5 Å². The topological polar surface area (TPSA) is 127 Å². The van der Waals surface area contributed by atoms with Crippen LogP contribution in [0.3, 0.4) is 0 Å². The van der Waals surface area contributed by atoms with Gasteiger partial charge in [-0.1, -0.05) is 6.92 Å². The molecule has 0 radical (unpaired) electrons. The molecule has 0 fully saturated rings. The molecule has 1 aliphatic rings. The Kier molecular flexibility index (Phi) is 9.45. The number of amides is 3. The Hall–Kier alpha value is -2.20. The van der Waals surface area contributed by atoms with Crippen LogP contribution in [0.2, 0.25) is 0 Å². The number of nitrogens with one attached hydrogen (secondary N) is 2. The number of ether oxygens (including phenoxy) is 1. The molecule has 0 spiro atoms. The van der Waals surface area contributed by atoms with Crippen LogP contribution in [0.25, 0.3) is 0 Å². The lowest BCUT2D eigenvalue weighted by Crippen LogP contribution is -2.46. The Bertz CT molecular complexity index is 805. The molecule has 3 amide bonds. The normalized spacial score (nSPS) is 16.6. The number of nitrogens with two attached hydrogens (primary N) is 1. The van der Waals surface area contributed by atoms with Crippen molar-refractivity contribution < 1.29 is 19.1 Å². The fourth-order valence-corrected chi connectivity index (χ4v) is 4.64. The van der Waals surface area contributed by atoms with Gasteiger partial charge in [0.25, 0.3) is 0 Å². The first-order chi connectivity index (χ1) is 15.0. The summed E-state index contributed by atoms with van der Waals surface area (Å²) in [6, 6.07) is -0.737. The van der Waals surface area contributed by atoms with Crippen molar-refractivity contribution in [2.45, 2.75) is 90.8 Å². The molecule has 32 heavy (non-hydrogen) atoms. The second-order valence-corrected chi connectivity index (χ2v) is 10.1. The van der Waals surface area contributed by atoms with E-state index in [4.69, 9.17) is 10.5 Å². The van der Waals surface area contributed by atoms with Crippen LogP contribution in [-0.4, -0.2) is 58.6 Å². The van der Waals surface area contributed by atoms with Crippen molar-refractivity contribution in [3.8, 4) is 0 Å². The molecular weight excluding hydrogens is 430 g/mol. The van der Waals surface area contributed by atoms with Gasteiger partial charge in [0.2, 0.25) is 11.8 Å². The van der Waals surface area contributed by atoms with Gasteiger partial charge in [0.05, 0.1) is 11.7 Å². The maximum Gasteiger partial charge on any atom is 0.410 e. The van der Waals surface area contributed by atoms with Crippen molar-refractivity contribution in [2.24, 2.45) is 5.73 Å². The first-order valence-corrected chi connectivity index (χ1v) is 12.2. The minimum absolute atomic E-state index is 0.0423. The second-order valence-electron chi connectivity index (χ2n) is 9.05. The Morgan fingerprint density at radius 1 is 1.31 bits per heavy atom. The molecule has 2 rings (SSSR count). The maximum atomic E-state index is 12.7. The highest BCUT2D eigenvalue weighted by atomic mass is 32.1. The molecule has 9 nitrogen and oxygen atoms in total. The first kappa shape index (κ1) is 26.1. The quantitative estimate of drug-likeness (QED) is 0.513. The van der Waals surface area contributed by atoms with Gasteiger partial charge in [0, 0.05) is 36.9 Å². The largest absolute Gasteiger partial charge is 0.444 e. The van der Waals surface area contributed by atoms with Crippen LogP contribution in [0.1, 0.15) is 70.9 Å². The Balaban J connectivity index is 1.98. The lowest BCUT2D eigenvalue weighted by molar-refractivity contribution is -0.121. The van der Waals surface area contributed by atoms with Crippen LogP contribution in [-0.2, 0) is 27.2 Å². The number of fused-ring (bicyclic) bond motifs is 1. The number of carbonyl (C=O) groups is 3. The zero-order valence-electron chi connectivity index (χ0n) is 19.8. The van der Waals surface area contributed by atoms with Gasteiger partial charge in [-0.05, 0) is 53.4 Å². The molecule has 0 saturated carbocycles. The molecule has 1 aliphatic carbocycles. The van der Waals surface area contributed by atoms with Crippen molar-refractivity contribution in [1.82, 2.24) is 15.2 Å². The van der Waals surface area contributed by atoms with Crippen molar-refractivity contribution in [3.05, 3.63) is 10.6 Å². The summed E-state index contributed by atoms with van der Waals surface area (Å²) < 4.78 is 5.61. The number of thiazole rings is 1. The van der Waals surface area contributed by atoms with Crippen LogP contribution in [0, 0.1) is 0 Å². The monoisotopic (exact) mass is 467 g/mol. The Labute approximate surface area is 194 Å². The predicted octanol–water partition coefficient (Wildman–Crippen LogP) is 2.83. The number of hydrogen-bond donors (Lipinski definition) is 3. The molecule has 0 aliphatic heterocycles. The summed E-state index contributed by atoms with van der Waals surface area (Å²) in [5, 5.41) is 5.98. The third-order valence-corrected chi connectivity index (χ3v) is 6.11. The molecule has 0 bridgehead atoms.